The molecular weight excluding hydrogens is 363 g/mol. The summed E-state index contributed by atoms with van der Waals surface area (Å²) in [5.74, 6) is -0.120. The average Bonchev–Trinajstić information content (AvgIpc) is 2.98. The fraction of sp³-hybridized carbons (Fsp3) is 0.381. The Morgan fingerprint density at radius 3 is 2.54 bits per heavy atom. The first kappa shape index (κ1) is 20.3. The van der Waals surface area contributed by atoms with Gasteiger partial charge in [0, 0.05) is 18.5 Å². The predicted molar refractivity (Wildman–Crippen MR) is 103 cm³/mol. The summed E-state index contributed by atoms with van der Waals surface area (Å²) in [6.07, 6.45) is -0.953. The smallest absolute Gasteiger partial charge is 0.251 e. The van der Waals surface area contributed by atoms with Gasteiger partial charge in [0.1, 0.15) is 23.8 Å². The van der Waals surface area contributed by atoms with Gasteiger partial charge in [-0.05, 0) is 43.4 Å². The number of rotatable bonds is 7. The molecule has 0 bridgehead atoms. The average molecular weight is 388 g/mol. The molecule has 0 heterocycles. The molecule has 1 fully saturated rings. The highest BCUT2D eigenvalue weighted by atomic mass is 19.1. The molecule has 6 nitrogen and oxygen atoms in total. The van der Waals surface area contributed by atoms with Gasteiger partial charge in [0.05, 0.1) is 18.7 Å². The Morgan fingerprint density at radius 1 is 1.21 bits per heavy atom. The quantitative estimate of drug-likeness (QED) is 0.669. The largest absolute Gasteiger partial charge is 0.488 e. The second-order valence-corrected chi connectivity index (χ2v) is 6.98. The van der Waals surface area contributed by atoms with Gasteiger partial charge >= 0.3 is 0 Å². The number of halogens is 1. The Balaban J connectivity index is 1.75. The maximum absolute atomic E-state index is 13.1. The number of hydrogen-bond donors (Lipinski definition) is 3. The molecule has 1 aliphatic rings. The van der Waals surface area contributed by atoms with Crippen LogP contribution in [0.5, 0.6) is 5.75 Å². The second kappa shape index (κ2) is 9.14. The van der Waals surface area contributed by atoms with E-state index in [1.807, 2.05) is 35.2 Å². The molecule has 0 aromatic heterocycles. The second-order valence-electron chi connectivity index (χ2n) is 6.98. The number of nitrogens with one attached hydrogen (secondary N) is 1. The van der Waals surface area contributed by atoms with Crippen molar-refractivity contribution in [1.29, 1.82) is 0 Å². The van der Waals surface area contributed by atoms with Crippen molar-refractivity contribution in [3.05, 3.63) is 66.0 Å². The molecule has 3 rings (SSSR count). The van der Waals surface area contributed by atoms with Gasteiger partial charge in [0.2, 0.25) is 0 Å². The Kier molecular flexibility index (Phi) is 6.61. The molecule has 1 amide bonds. The number of nitrogens with zero attached hydrogens (tertiary/aromatic N) is 1. The van der Waals surface area contributed by atoms with Gasteiger partial charge in [-0.25, -0.2) is 4.39 Å². The van der Waals surface area contributed by atoms with Crippen molar-refractivity contribution in [2.75, 3.05) is 20.2 Å². The van der Waals surface area contributed by atoms with Crippen molar-refractivity contribution < 1.29 is 24.1 Å². The van der Waals surface area contributed by atoms with E-state index in [1.54, 1.807) is 7.05 Å². The van der Waals surface area contributed by atoms with Crippen LogP contribution in [0.25, 0.3) is 0 Å². The molecule has 7 heteroatoms. The molecular formula is C21H25FN2O4. The molecule has 0 spiro atoms. The lowest BCUT2D eigenvalue weighted by Gasteiger charge is -2.31. The lowest BCUT2D eigenvalue weighted by atomic mass is 10.1. The number of carbonyl (C=O) groups is 1. The minimum Gasteiger partial charge on any atom is -0.488 e. The number of amides is 1. The maximum Gasteiger partial charge on any atom is 0.251 e. The summed E-state index contributed by atoms with van der Waals surface area (Å²) < 4.78 is 19.0. The molecule has 3 N–H and O–H groups in total. The van der Waals surface area contributed by atoms with Crippen molar-refractivity contribution in [2.24, 2.45) is 0 Å². The molecule has 2 aromatic carbocycles. The third kappa shape index (κ3) is 4.67. The number of hydrogen-bond acceptors (Lipinski definition) is 5. The van der Waals surface area contributed by atoms with Crippen molar-refractivity contribution in [1.82, 2.24) is 10.2 Å². The van der Waals surface area contributed by atoms with E-state index in [4.69, 9.17) is 4.74 Å². The van der Waals surface area contributed by atoms with Crippen molar-refractivity contribution in [3.63, 3.8) is 0 Å². The van der Waals surface area contributed by atoms with E-state index < -0.39 is 30.1 Å². The van der Waals surface area contributed by atoms with Gasteiger partial charge in [-0.1, -0.05) is 18.2 Å². The molecule has 1 saturated carbocycles. The van der Waals surface area contributed by atoms with Crippen molar-refractivity contribution in [2.45, 2.75) is 30.7 Å². The number of aliphatic hydroxyl groups excluding tert-OH is 2. The Hall–Kier alpha value is -2.48. The summed E-state index contributed by atoms with van der Waals surface area (Å²) in [6.45, 7) is 0.283. The molecule has 0 aliphatic heterocycles. The first-order chi connectivity index (χ1) is 13.5. The third-order valence-electron chi connectivity index (χ3n) is 5.04. The Morgan fingerprint density at radius 2 is 1.89 bits per heavy atom. The molecule has 28 heavy (non-hydrogen) atoms. The molecule has 0 unspecified atom stereocenters. The van der Waals surface area contributed by atoms with E-state index in [0.717, 1.165) is 0 Å². The zero-order valence-corrected chi connectivity index (χ0v) is 15.7. The summed E-state index contributed by atoms with van der Waals surface area (Å²) in [4.78, 5) is 14.4. The highest BCUT2D eigenvalue weighted by Crippen LogP contribution is 2.29. The highest BCUT2D eigenvalue weighted by Gasteiger charge is 2.46. The van der Waals surface area contributed by atoms with Crippen LogP contribution < -0.4 is 10.1 Å². The van der Waals surface area contributed by atoms with Crippen LogP contribution in [0.3, 0.4) is 0 Å². The third-order valence-corrected chi connectivity index (χ3v) is 5.04. The van der Waals surface area contributed by atoms with Crippen LogP contribution in [0, 0.1) is 5.82 Å². The number of aliphatic hydroxyl groups is 2. The SMILES string of the molecule is CN(CCO)[C@@H]1[C@@H](O)[C@H](Oc2ccccc2)C[C@H]1NC(=O)c1ccc(F)cc1. The molecule has 0 radical (unpaired) electrons. The summed E-state index contributed by atoms with van der Waals surface area (Å²) in [6, 6.07) is 13.7. The normalized spacial score (nSPS) is 24.3. The van der Waals surface area contributed by atoms with E-state index in [1.165, 1.54) is 24.3 Å². The molecule has 0 saturated heterocycles. The standard InChI is InChI=1S/C21H25FN2O4/c1-24(11-12-25)19-17(23-21(27)14-7-9-15(22)10-8-14)13-18(20(19)26)28-16-5-3-2-4-6-16/h2-10,17-20,25-26H,11-13H2,1H3,(H,23,27)/t17-,18-,19+,20+/m1/s1. The number of para-hydroxylation sites is 1. The Bertz CT molecular complexity index is 772. The van der Waals surface area contributed by atoms with Crippen molar-refractivity contribution in [3.8, 4) is 5.75 Å². The van der Waals surface area contributed by atoms with E-state index in [2.05, 4.69) is 5.32 Å². The number of likely N-dealkylation sites (N-methyl/N-ethyl adjacent to an activating group) is 1. The van der Waals surface area contributed by atoms with Crippen LogP contribution in [0.1, 0.15) is 16.8 Å². The minimum atomic E-state index is -0.852. The van der Waals surface area contributed by atoms with E-state index in [-0.39, 0.29) is 12.5 Å². The minimum absolute atomic E-state index is 0.0669. The van der Waals surface area contributed by atoms with E-state index in [0.29, 0.717) is 24.3 Å². The molecule has 1 aliphatic carbocycles. The molecule has 2 aromatic rings. The molecule has 4 atom stereocenters. The van der Waals surface area contributed by atoms with Crippen molar-refractivity contribution >= 4 is 5.91 Å². The first-order valence-corrected chi connectivity index (χ1v) is 9.27. The van der Waals surface area contributed by atoms with Crippen LogP contribution in [0.2, 0.25) is 0 Å². The van der Waals surface area contributed by atoms with E-state index in [9.17, 15) is 19.4 Å². The lowest BCUT2D eigenvalue weighted by molar-refractivity contribution is 0.0110. The van der Waals surface area contributed by atoms with Crippen LogP contribution in [-0.4, -0.2) is 65.5 Å². The Labute approximate surface area is 163 Å². The zero-order chi connectivity index (χ0) is 20.1. The van der Waals surface area contributed by atoms with E-state index >= 15 is 0 Å². The van der Waals surface area contributed by atoms with Gasteiger partial charge < -0.3 is 20.3 Å². The number of benzene rings is 2. The topological polar surface area (TPSA) is 82.0 Å². The van der Waals surface area contributed by atoms with Gasteiger partial charge in [-0.2, -0.15) is 0 Å². The summed E-state index contributed by atoms with van der Waals surface area (Å²) in [5.41, 5.74) is 0.340. The number of ether oxygens (including phenoxy) is 1. The summed E-state index contributed by atoms with van der Waals surface area (Å²) >= 11 is 0. The fourth-order valence-corrected chi connectivity index (χ4v) is 3.65. The number of carbonyl (C=O) groups excluding carboxylic acids is 1. The fourth-order valence-electron chi connectivity index (χ4n) is 3.65. The van der Waals surface area contributed by atoms with Crippen LogP contribution in [0.15, 0.2) is 54.6 Å². The highest BCUT2D eigenvalue weighted by molar-refractivity contribution is 5.94. The first-order valence-electron chi connectivity index (χ1n) is 9.27. The predicted octanol–water partition coefficient (Wildman–Crippen LogP) is 1.43. The zero-order valence-electron chi connectivity index (χ0n) is 15.7. The monoisotopic (exact) mass is 388 g/mol. The van der Waals surface area contributed by atoms with Gasteiger partial charge in [-0.15, -0.1) is 0 Å². The summed E-state index contributed by atoms with van der Waals surface area (Å²) in [5, 5.41) is 23.1. The van der Waals surface area contributed by atoms with Crippen LogP contribution in [-0.2, 0) is 0 Å². The summed E-state index contributed by atoms with van der Waals surface area (Å²) in [7, 11) is 1.78. The van der Waals surface area contributed by atoms with Gasteiger partial charge in [-0.3, -0.25) is 9.69 Å². The van der Waals surface area contributed by atoms with Gasteiger partial charge in [0.15, 0.2) is 0 Å². The molecule has 150 valence electrons. The van der Waals surface area contributed by atoms with Gasteiger partial charge in [0.25, 0.3) is 5.91 Å². The maximum atomic E-state index is 13.1. The lowest BCUT2D eigenvalue weighted by Crippen LogP contribution is -2.52. The van der Waals surface area contributed by atoms with Crippen LogP contribution >= 0.6 is 0 Å². The van der Waals surface area contributed by atoms with Crippen LogP contribution in [0.4, 0.5) is 4.39 Å².